The fourth-order valence-corrected chi connectivity index (χ4v) is 2.23. The van der Waals surface area contributed by atoms with E-state index in [4.69, 9.17) is 4.74 Å². The molecule has 0 spiro atoms. The summed E-state index contributed by atoms with van der Waals surface area (Å²) in [6.45, 7) is 3.44. The third kappa shape index (κ3) is 2.64. The standard InChI is InChI=1S/C15H14FN5O3/c1-3-24-15(23)9(2)20-8-17-13-12(14(20)22)18-19-21(13)11-6-4-10(16)5-7-11/h4-9H,3H2,1-2H3/t9-/m1/s1. The number of benzene rings is 1. The SMILES string of the molecule is CCOC(=O)[C@@H](C)n1cnc2c(nnn2-c2ccc(F)cc2)c1=O. The molecule has 3 rings (SSSR count). The number of ether oxygens (including phenoxy) is 1. The number of rotatable bonds is 4. The minimum atomic E-state index is -0.828. The first kappa shape index (κ1) is 15.8. The lowest BCUT2D eigenvalue weighted by molar-refractivity contribution is -0.146. The number of hydrogen-bond acceptors (Lipinski definition) is 6. The summed E-state index contributed by atoms with van der Waals surface area (Å²) < 4.78 is 20.4. The van der Waals surface area contributed by atoms with Gasteiger partial charge in [0.25, 0.3) is 5.56 Å². The van der Waals surface area contributed by atoms with E-state index in [0.717, 1.165) is 4.57 Å². The van der Waals surface area contributed by atoms with Gasteiger partial charge in [-0.25, -0.2) is 14.2 Å². The van der Waals surface area contributed by atoms with Gasteiger partial charge in [-0.3, -0.25) is 9.36 Å². The van der Waals surface area contributed by atoms with Crippen LogP contribution in [0.25, 0.3) is 16.9 Å². The third-order valence-corrected chi connectivity index (χ3v) is 3.50. The Kier molecular flexibility index (Phi) is 4.07. The topological polar surface area (TPSA) is 91.9 Å². The largest absolute Gasteiger partial charge is 0.464 e. The van der Waals surface area contributed by atoms with Crippen molar-refractivity contribution in [3.8, 4) is 5.69 Å². The molecule has 0 radical (unpaired) electrons. The highest BCUT2D eigenvalue weighted by Gasteiger charge is 2.21. The summed E-state index contributed by atoms with van der Waals surface area (Å²) >= 11 is 0. The fraction of sp³-hybridized carbons (Fsp3) is 0.267. The maximum absolute atomic E-state index is 13.0. The molecule has 1 atom stereocenters. The average molecular weight is 331 g/mol. The van der Waals surface area contributed by atoms with Crippen molar-refractivity contribution in [2.75, 3.05) is 6.61 Å². The molecule has 3 aromatic rings. The Morgan fingerprint density at radius 3 is 2.71 bits per heavy atom. The molecule has 2 heterocycles. The lowest BCUT2D eigenvalue weighted by atomic mass is 10.3. The highest BCUT2D eigenvalue weighted by molar-refractivity contribution is 5.75. The fourth-order valence-electron chi connectivity index (χ4n) is 2.23. The van der Waals surface area contributed by atoms with Crippen LogP contribution >= 0.6 is 0 Å². The molecule has 0 aliphatic carbocycles. The molecule has 8 nitrogen and oxygen atoms in total. The molecular weight excluding hydrogens is 317 g/mol. The molecule has 0 unspecified atom stereocenters. The zero-order valence-corrected chi connectivity index (χ0v) is 13.0. The lowest BCUT2D eigenvalue weighted by Gasteiger charge is -2.12. The quantitative estimate of drug-likeness (QED) is 0.668. The van der Waals surface area contributed by atoms with Gasteiger partial charge in [-0.1, -0.05) is 5.21 Å². The second kappa shape index (κ2) is 6.19. The second-order valence-corrected chi connectivity index (χ2v) is 5.03. The van der Waals surface area contributed by atoms with Crippen LogP contribution in [-0.2, 0) is 9.53 Å². The molecule has 0 saturated heterocycles. The third-order valence-electron chi connectivity index (χ3n) is 3.50. The molecule has 9 heteroatoms. The van der Waals surface area contributed by atoms with Gasteiger partial charge in [0.1, 0.15) is 18.2 Å². The van der Waals surface area contributed by atoms with Crippen molar-refractivity contribution < 1.29 is 13.9 Å². The molecule has 0 bridgehead atoms. The molecule has 0 aliphatic heterocycles. The van der Waals surface area contributed by atoms with Crippen LogP contribution in [0.5, 0.6) is 0 Å². The smallest absolute Gasteiger partial charge is 0.328 e. The first-order chi connectivity index (χ1) is 11.5. The minimum absolute atomic E-state index is 0.0120. The summed E-state index contributed by atoms with van der Waals surface area (Å²) in [5.74, 6) is -0.923. The van der Waals surface area contributed by atoms with Gasteiger partial charge in [-0.15, -0.1) is 5.10 Å². The van der Waals surface area contributed by atoms with Crippen molar-refractivity contribution in [2.24, 2.45) is 0 Å². The Morgan fingerprint density at radius 2 is 2.04 bits per heavy atom. The van der Waals surface area contributed by atoms with Gasteiger partial charge in [-0.05, 0) is 38.1 Å². The van der Waals surface area contributed by atoms with Crippen molar-refractivity contribution in [3.05, 3.63) is 46.8 Å². The first-order valence-corrected chi connectivity index (χ1v) is 7.28. The number of carbonyl (C=O) groups excluding carboxylic acids is 1. The summed E-state index contributed by atoms with van der Waals surface area (Å²) in [5.41, 5.74) is 0.243. The highest BCUT2D eigenvalue weighted by Crippen LogP contribution is 2.13. The van der Waals surface area contributed by atoms with E-state index in [9.17, 15) is 14.0 Å². The van der Waals surface area contributed by atoms with Crippen LogP contribution < -0.4 is 5.56 Å². The molecule has 124 valence electrons. The van der Waals surface area contributed by atoms with E-state index in [0.29, 0.717) is 5.69 Å². The molecule has 0 aliphatic rings. The van der Waals surface area contributed by atoms with Gasteiger partial charge in [-0.2, -0.15) is 4.68 Å². The Hall–Kier alpha value is -3.10. The molecule has 0 amide bonds. The average Bonchev–Trinajstić information content (AvgIpc) is 3.00. The van der Waals surface area contributed by atoms with E-state index in [1.807, 2.05) is 0 Å². The molecule has 2 aromatic heterocycles. The maximum atomic E-state index is 13.0. The van der Waals surface area contributed by atoms with Crippen molar-refractivity contribution in [1.82, 2.24) is 24.5 Å². The Balaban J connectivity index is 2.07. The number of nitrogens with zero attached hydrogens (tertiary/aromatic N) is 5. The van der Waals surface area contributed by atoms with Gasteiger partial charge >= 0.3 is 5.97 Å². The predicted molar refractivity (Wildman–Crippen MR) is 82.2 cm³/mol. The molecule has 24 heavy (non-hydrogen) atoms. The number of fused-ring (bicyclic) bond motifs is 1. The molecule has 0 N–H and O–H groups in total. The van der Waals surface area contributed by atoms with E-state index in [-0.39, 0.29) is 23.6 Å². The van der Waals surface area contributed by atoms with Gasteiger partial charge in [0.2, 0.25) is 0 Å². The van der Waals surface area contributed by atoms with Crippen LogP contribution in [0.3, 0.4) is 0 Å². The van der Waals surface area contributed by atoms with Crippen LogP contribution in [0.15, 0.2) is 35.4 Å². The summed E-state index contributed by atoms with van der Waals surface area (Å²) in [6, 6.07) is 4.71. The minimum Gasteiger partial charge on any atom is -0.464 e. The molecule has 1 aromatic carbocycles. The van der Waals surface area contributed by atoms with Gasteiger partial charge < -0.3 is 4.74 Å². The summed E-state index contributed by atoms with van der Waals surface area (Å²) in [6.07, 6.45) is 1.25. The molecule has 0 fully saturated rings. The van der Waals surface area contributed by atoms with Crippen molar-refractivity contribution in [2.45, 2.75) is 19.9 Å². The van der Waals surface area contributed by atoms with Crippen LogP contribution in [0.4, 0.5) is 4.39 Å². The number of carbonyl (C=O) groups is 1. The van der Waals surface area contributed by atoms with Crippen molar-refractivity contribution >= 4 is 17.1 Å². The summed E-state index contributed by atoms with van der Waals surface area (Å²) in [7, 11) is 0. The number of esters is 1. The second-order valence-electron chi connectivity index (χ2n) is 5.03. The highest BCUT2D eigenvalue weighted by atomic mass is 19.1. The van der Waals surface area contributed by atoms with Crippen LogP contribution in [0, 0.1) is 5.82 Å². The Bertz CT molecular complexity index is 948. The Morgan fingerprint density at radius 1 is 1.33 bits per heavy atom. The maximum Gasteiger partial charge on any atom is 0.328 e. The van der Waals surface area contributed by atoms with Crippen LogP contribution in [0.1, 0.15) is 19.9 Å². The summed E-state index contributed by atoms with van der Waals surface area (Å²) in [4.78, 5) is 28.5. The predicted octanol–water partition coefficient (Wildman–Crippen LogP) is 1.24. The van der Waals surface area contributed by atoms with Crippen molar-refractivity contribution in [1.29, 1.82) is 0 Å². The summed E-state index contributed by atoms with van der Waals surface area (Å²) in [5, 5.41) is 7.73. The molecule has 0 saturated carbocycles. The van der Waals surface area contributed by atoms with E-state index in [1.54, 1.807) is 6.92 Å². The van der Waals surface area contributed by atoms with E-state index in [1.165, 1.54) is 42.2 Å². The zero-order valence-electron chi connectivity index (χ0n) is 13.0. The zero-order chi connectivity index (χ0) is 17.3. The van der Waals surface area contributed by atoms with E-state index < -0.39 is 17.6 Å². The van der Waals surface area contributed by atoms with Crippen LogP contribution in [0.2, 0.25) is 0 Å². The first-order valence-electron chi connectivity index (χ1n) is 7.28. The number of halogens is 1. The lowest BCUT2D eigenvalue weighted by Crippen LogP contribution is -2.29. The number of aromatic nitrogens is 5. The van der Waals surface area contributed by atoms with Gasteiger partial charge in [0, 0.05) is 0 Å². The van der Waals surface area contributed by atoms with Gasteiger partial charge in [0.05, 0.1) is 12.3 Å². The Labute approximate surface area is 135 Å². The van der Waals surface area contributed by atoms with Crippen molar-refractivity contribution in [3.63, 3.8) is 0 Å². The van der Waals surface area contributed by atoms with Crippen LogP contribution in [-0.4, -0.2) is 37.1 Å². The van der Waals surface area contributed by atoms with E-state index >= 15 is 0 Å². The molecular formula is C15H14FN5O3. The normalized spacial score (nSPS) is 12.3. The van der Waals surface area contributed by atoms with E-state index in [2.05, 4.69) is 15.3 Å². The number of hydrogen-bond donors (Lipinski definition) is 0. The monoisotopic (exact) mass is 331 g/mol. The van der Waals surface area contributed by atoms with Gasteiger partial charge in [0.15, 0.2) is 11.2 Å².